The van der Waals surface area contributed by atoms with Gasteiger partial charge in [0.25, 0.3) is 0 Å². The lowest BCUT2D eigenvalue weighted by Gasteiger charge is -2.20. The second kappa shape index (κ2) is 5.29. The average Bonchev–Trinajstić information content (AvgIpc) is 2.58. The van der Waals surface area contributed by atoms with E-state index in [0.29, 0.717) is 5.15 Å². The lowest BCUT2D eigenvalue weighted by atomic mass is 10.0. The third-order valence-corrected chi connectivity index (χ3v) is 3.95. The van der Waals surface area contributed by atoms with E-state index in [2.05, 4.69) is 45.3 Å². The number of halogens is 1. The van der Waals surface area contributed by atoms with Crippen LogP contribution in [0.25, 0.3) is 0 Å². The molecule has 2 heterocycles. The molecular weight excluding hydrogens is 272 g/mol. The van der Waals surface area contributed by atoms with Crippen LogP contribution in [0.2, 0.25) is 5.15 Å². The van der Waals surface area contributed by atoms with E-state index in [9.17, 15) is 0 Å². The first kappa shape index (κ1) is 13.2. The van der Waals surface area contributed by atoms with Crippen LogP contribution >= 0.6 is 11.6 Å². The van der Waals surface area contributed by atoms with Crippen molar-refractivity contribution in [1.82, 2.24) is 9.97 Å². The second-order valence-electron chi connectivity index (χ2n) is 4.97. The summed E-state index contributed by atoms with van der Waals surface area (Å²) < 4.78 is 0. The summed E-state index contributed by atoms with van der Waals surface area (Å²) in [5, 5.41) is 3.98. The molecule has 1 aliphatic heterocycles. The molecule has 5 heteroatoms. The number of hydrogen-bond donors (Lipinski definition) is 1. The fraction of sp³-hybridized carbons (Fsp3) is 0.333. The lowest BCUT2D eigenvalue weighted by molar-refractivity contribution is 0.680. The number of hydrogen-bond acceptors (Lipinski definition) is 4. The molecule has 0 bridgehead atoms. The highest BCUT2D eigenvalue weighted by Crippen LogP contribution is 2.42. The highest BCUT2D eigenvalue weighted by Gasteiger charge is 2.26. The molecule has 2 aromatic rings. The standard InChI is InChI=1S/C15H17ClN4/c1-3-6-11-10-7-4-5-8-12(10)20(2)15-13(19-11)14(16)17-9-18-15/h4-5,7-9,11,19H,3,6H2,1-2H3. The SMILES string of the molecule is CCCC1Nc2c(Cl)ncnc2N(C)c2ccccc21. The first-order valence-corrected chi connectivity index (χ1v) is 7.20. The Bertz CT molecular complexity index is 629. The van der Waals surface area contributed by atoms with Crippen molar-refractivity contribution in [1.29, 1.82) is 0 Å². The largest absolute Gasteiger partial charge is 0.373 e. The van der Waals surface area contributed by atoms with E-state index in [-0.39, 0.29) is 6.04 Å². The lowest BCUT2D eigenvalue weighted by Crippen LogP contribution is -2.12. The predicted octanol–water partition coefficient (Wildman–Crippen LogP) is 4.16. The molecule has 1 aliphatic rings. The molecule has 20 heavy (non-hydrogen) atoms. The Morgan fingerprint density at radius 3 is 2.90 bits per heavy atom. The molecule has 0 amide bonds. The first-order chi connectivity index (χ1) is 9.72. The zero-order chi connectivity index (χ0) is 14.1. The monoisotopic (exact) mass is 288 g/mol. The van der Waals surface area contributed by atoms with E-state index in [1.54, 1.807) is 0 Å². The van der Waals surface area contributed by atoms with Crippen molar-refractivity contribution >= 4 is 28.8 Å². The molecule has 1 atom stereocenters. The number of rotatable bonds is 2. The van der Waals surface area contributed by atoms with E-state index in [1.807, 2.05) is 13.1 Å². The minimum absolute atomic E-state index is 0.225. The molecule has 0 spiro atoms. The summed E-state index contributed by atoms with van der Waals surface area (Å²) in [5.41, 5.74) is 3.24. The summed E-state index contributed by atoms with van der Waals surface area (Å²) in [4.78, 5) is 10.5. The molecule has 0 saturated heterocycles. The number of nitrogens with one attached hydrogen (secondary N) is 1. The molecule has 1 aromatic heterocycles. The van der Waals surface area contributed by atoms with Crippen LogP contribution in [-0.4, -0.2) is 17.0 Å². The van der Waals surface area contributed by atoms with Crippen molar-refractivity contribution in [3.05, 3.63) is 41.3 Å². The molecule has 0 aliphatic carbocycles. The molecule has 4 nitrogen and oxygen atoms in total. The minimum atomic E-state index is 0.225. The van der Waals surface area contributed by atoms with Crippen molar-refractivity contribution in [3.8, 4) is 0 Å². The number of fused-ring (bicyclic) bond motifs is 2. The zero-order valence-electron chi connectivity index (χ0n) is 11.6. The summed E-state index contributed by atoms with van der Waals surface area (Å²) in [6.45, 7) is 2.18. The van der Waals surface area contributed by atoms with E-state index in [1.165, 1.54) is 11.9 Å². The van der Waals surface area contributed by atoms with Gasteiger partial charge in [0.15, 0.2) is 11.0 Å². The molecule has 3 rings (SSSR count). The van der Waals surface area contributed by atoms with Gasteiger partial charge in [-0.05, 0) is 18.1 Å². The van der Waals surface area contributed by atoms with Gasteiger partial charge >= 0.3 is 0 Å². The summed E-state index contributed by atoms with van der Waals surface area (Å²) in [5.74, 6) is 0.816. The topological polar surface area (TPSA) is 41.1 Å². The Balaban J connectivity index is 2.19. The van der Waals surface area contributed by atoms with Gasteiger partial charge in [-0.25, -0.2) is 9.97 Å². The molecule has 1 unspecified atom stereocenters. The first-order valence-electron chi connectivity index (χ1n) is 6.82. The number of aromatic nitrogens is 2. The summed E-state index contributed by atoms with van der Waals surface area (Å²) in [7, 11) is 2.01. The molecule has 1 aromatic carbocycles. The van der Waals surface area contributed by atoms with Crippen LogP contribution in [0.4, 0.5) is 17.2 Å². The van der Waals surface area contributed by atoms with Crippen LogP contribution in [0.5, 0.6) is 0 Å². The minimum Gasteiger partial charge on any atom is -0.373 e. The fourth-order valence-corrected chi connectivity index (χ4v) is 2.89. The van der Waals surface area contributed by atoms with Crippen LogP contribution < -0.4 is 10.2 Å². The van der Waals surface area contributed by atoms with Gasteiger partial charge in [-0.15, -0.1) is 0 Å². The van der Waals surface area contributed by atoms with Crippen molar-refractivity contribution in [2.45, 2.75) is 25.8 Å². The third kappa shape index (κ3) is 2.10. The molecule has 1 N–H and O–H groups in total. The molecule has 0 radical (unpaired) electrons. The molecule has 0 saturated carbocycles. The van der Waals surface area contributed by atoms with Crippen LogP contribution in [-0.2, 0) is 0 Å². The Morgan fingerprint density at radius 2 is 2.10 bits per heavy atom. The maximum Gasteiger partial charge on any atom is 0.161 e. The van der Waals surface area contributed by atoms with E-state index in [0.717, 1.165) is 30.0 Å². The maximum absolute atomic E-state index is 6.25. The Kier molecular flexibility index (Phi) is 3.49. The van der Waals surface area contributed by atoms with Gasteiger partial charge in [0.2, 0.25) is 0 Å². The number of nitrogens with zero attached hydrogens (tertiary/aromatic N) is 3. The van der Waals surface area contributed by atoms with Gasteiger partial charge in [0.05, 0.1) is 6.04 Å². The Labute approximate surface area is 123 Å². The molecular formula is C15H17ClN4. The van der Waals surface area contributed by atoms with Crippen LogP contribution in [0, 0.1) is 0 Å². The van der Waals surface area contributed by atoms with Crippen LogP contribution in [0.3, 0.4) is 0 Å². The van der Waals surface area contributed by atoms with Gasteiger partial charge < -0.3 is 10.2 Å². The third-order valence-electron chi connectivity index (χ3n) is 3.67. The van der Waals surface area contributed by atoms with Gasteiger partial charge in [-0.1, -0.05) is 43.1 Å². The van der Waals surface area contributed by atoms with Crippen molar-refractivity contribution in [2.75, 3.05) is 17.3 Å². The predicted molar refractivity (Wildman–Crippen MR) is 82.8 cm³/mol. The normalized spacial score (nSPS) is 16.9. The van der Waals surface area contributed by atoms with E-state index < -0.39 is 0 Å². The average molecular weight is 289 g/mol. The van der Waals surface area contributed by atoms with Crippen molar-refractivity contribution in [2.24, 2.45) is 0 Å². The Hall–Kier alpha value is -1.81. The van der Waals surface area contributed by atoms with E-state index in [4.69, 9.17) is 11.6 Å². The summed E-state index contributed by atoms with van der Waals surface area (Å²) >= 11 is 6.25. The number of benzene rings is 1. The van der Waals surface area contributed by atoms with Gasteiger partial charge in [0, 0.05) is 12.7 Å². The zero-order valence-corrected chi connectivity index (χ0v) is 12.4. The van der Waals surface area contributed by atoms with Crippen LogP contribution in [0.1, 0.15) is 31.4 Å². The quantitative estimate of drug-likeness (QED) is 0.842. The van der Waals surface area contributed by atoms with Crippen LogP contribution in [0.15, 0.2) is 30.6 Å². The maximum atomic E-state index is 6.25. The smallest absolute Gasteiger partial charge is 0.161 e. The second-order valence-corrected chi connectivity index (χ2v) is 5.32. The van der Waals surface area contributed by atoms with Gasteiger partial charge in [0.1, 0.15) is 12.0 Å². The Morgan fingerprint density at radius 1 is 1.30 bits per heavy atom. The summed E-state index contributed by atoms with van der Waals surface area (Å²) in [6.07, 6.45) is 3.63. The van der Waals surface area contributed by atoms with Crippen molar-refractivity contribution < 1.29 is 0 Å². The fourth-order valence-electron chi connectivity index (χ4n) is 2.70. The highest BCUT2D eigenvalue weighted by atomic mass is 35.5. The van der Waals surface area contributed by atoms with E-state index >= 15 is 0 Å². The highest BCUT2D eigenvalue weighted by molar-refractivity contribution is 6.32. The van der Waals surface area contributed by atoms with Gasteiger partial charge in [-0.3, -0.25) is 0 Å². The number of anilines is 3. The van der Waals surface area contributed by atoms with Gasteiger partial charge in [-0.2, -0.15) is 0 Å². The number of para-hydroxylation sites is 1. The molecule has 0 fully saturated rings. The molecule has 104 valence electrons. The summed E-state index contributed by atoms with van der Waals surface area (Å²) in [6, 6.07) is 8.62. The van der Waals surface area contributed by atoms with Crippen molar-refractivity contribution in [3.63, 3.8) is 0 Å².